The highest BCUT2D eigenvalue weighted by atomic mass is 35.5. The molecule has 1 aromatic heterocycles. The number of hydrogen-bond donors (Lipinski definition) is 1. The highest BCUT2D eigenvalue weighted by molar-refractivity contribution is 6.69. The average Bonchev–Trinajstić information content (AvgIpc) is 2.89. The molecule has 1 aromatic carbocycles. The van der Waals surface area contributed by atoms with E-state index in [1.165, 1.54) is 6.42 Å². The van der Waals surface area contributed by atoms with E-state index in [9.17, 15) is 9.59 Å². The van der Waals surface area contributed by atoms with E-state index in [0.717, 1.165) is 31.5 Å². The molecule has 1 saturated heterocycles. The molecule has 3 rings (SSSR count). The number of oxime groups is 1. The minimum Gasteiger partial charge on any atom is -0.456 e. The number of benzene rings is 1. The van der Waals surface area contributed by atoms with Gasteiger partial charge in [0.25, 0.3) is 0 Å². The second kappa shape index (κ2) is 14.7. The zero-order chi connectivity index (χ0) is 27.4. The molecular weight excluding hydrogens is 508 g/mol. The molecule has 2 aromatic rings. The van der Waals surface area contributed by atoms with Gasteiger partial charge in [0.15, 0.2) is 17.9 Å². The van der Waals surface area contributed by atoms with E-state index in [4.69, 9.17) is 25.9 Å². The van der Waals surface area contributed by atoms with Crippen LogP contribution in [0.4, 0.5) is 4.79 Å². The number of pyridine rings is 1. The van der Waals surface area contributed by atoms with Crippen LogP contribution in [0.3, 0.4) is 0 Å². The molecule has 2 atom stereocenters. The number of aromatic nitrogens is 1. The summed E-state index contributed by atoms with van der Waals surface area (Å²) in [6.45, 7) is 7.61. The van der Waals surface area contributed by atoms with E-state index in [2.05, 4.69) is 20.4 Å². The number of ether oxygens (including phenoxy) is 2. The van der Waals surface area contributed by atoms with Gasteiger partial charge in [-0.1, -0.05) is 53.5 Å². The number of hydrogen-bond acceptors (Lipinski definition) is 8. The fourth-order valence-corrected chi connectivity index (χ4v) is 4.17. The van der Waals surface area contributed by atoms with Crippen LogP contribution >= 0.6 is 11.6 Å². The monoisotopic (exact) mass is 544 g/mol. The van der Waals surface area contributed by atoms with Gasteiger partial charge in [0.2, 0.25) is 0 Å². The molecule has 0 radical (unpaired) electrons. The van der Waals surface area contributed by atoms with Gasteiger partial charge in [0.05, 0.1) is 0 Å². The maximum atomic E-state index is 13.4. The number of likely N-dealkylation sites (tertiary alicyclic amines) is 1. The molecule has 38 heavy (non-hydrogen) atoms. The van der Waals surface area contributed by atoms with Crippen LogP contribution in [0, 0.1) is 0 Å². The van der Waals surface area contributed by atoms with Gasteiger partial charge in [-0.05, 0) is 64.4 Å². The third-order valence-electron chi connectivity index (χ3n) is 5.76. The number of alkyl carbamates (subject to hydrolysis) is 1. The Morgan fingerprint density at radius 1 is 1.11 bits per heavy atom. The van der Waals surface area contributed by atoms with Crippen LogP contribution in [0.15, 0.2) is 60.0 Å². The van der Waals surface area contributed by atoms with Crippen LogP contribution in [-0.4, -0.2) is 71.1 Å². The number of halogens is 1. The van der Waals surface area contributed by atoms with Crippen LogP contribution in [0.5, 0.6) is 0 Å². The first-order chi connectivity index (χ1) is 18.2. The lowest BCUT2D eigenvalue weighted by Gasteiger charge is -2.30. The van der Waals surface area contributed by atoms with Crippen LogP contribution in [0.1, 0.15) is 51.2 Å². The zero-order valence-corrected chi connectivity index (χ0v) is 23.0. The van der Waals surface area contributed by atoms with Gasteiger partial charge < -0.3 is 19.6 Å². The first-order valence-electron chi connectivity index (χ1n) is 12.9. The number of rotatable bonds is 11. The van der Waals surface area contributed by atoms with Crippen LogP contribution in [0.25, 0.3) is 0 Å². The molecule has 9 nitrogen and oxygen atoms in total. The number of carbonyl (C=O) groups excluding carboxylic acids is 2. The second-order valence-electron chi connectivity index (χ2n) is 10.2. The van der Waals surface area contributed by atoms with Gasteiger partial charge in [-0.3, -0.25) is 9.88 Å². The quantitative estimate of drug-likeness (QED) is 0.252. The number of nitrogens with zero attached hydrogens (tertiary/aromatic N) is 3. The molecule has 0 spiro atoms. The van der Waals surface area contributed by atoms with Crippen molar-refractivity contribution in [1.29, 1.82) is 0 Å². The van der Waals surface area contributed by atoms with E-state index in [1.54, 1.807) is 45.3 Å². The Bertz CT molecular complexity index is 1040. The van der Waals surface area contributed by atoms with E-state index in [-0.39, 0.29) is 18.2 Å². The molecule has 1 N–H and O–H groups in total. The molecule has 0 saturated carbocycles. The summed E-state index contributed by atoms with van der Waals surface area (Å²) in [4.78, 5) is 37.7. The molecule has 10 heteroatoms. The summed E-state index contributed by atoms with van der Waals surface area (Å²) in [5.74, 6) is -0.576. The Labute approximate surface area is 229 Å². The van der Waals surface area contributed by atoms with Crippen molar-refractivity contribution in [1.82, 2.24) is 15.2 Å². The van der Waals surface area contributed by atoms with Crippen molar-refractivity contribution < 1.29 is 23.9 Å². The fourth-order valence-electron chi connectivity index (χ4n) is 4.01. The van der Waals surface area contributed by atoms with Crippen LogP contribution < -0.4 is 5.32 Å². The maximum absolute atomic E-state index is 13.4. The van der Waals surface area contributed by atoms with Crippen molar-refractivity contribution in [3.63, 3.8) is 0 Å². The van der Waals surface area contributed by atoms with E-state index < -0.39 is 29.8 Å². The summed E-state index contributed by atoms with van der Waals surface area (Å²) in [5, 5.41) is 6.81. The third-order valence-corrected chi connectivity index (χ3v) is 6.04. The Morgan fingerprint density at radius 2 is 1.84 bits per heavy atom. The normalized spacial score (nSPS) is 16.3. The van der Waals surface area contributed by atoms with Crippen molar-refractivity contribution in [3.05, 3.63) is 66.0 Å². The van der Waals surface area contributed by atoms with Crippen molar-refractivity contribution in [2.45, 2.75) is 64.2 Å². The summed E-state index contributed by atoms with van der Waals surface area (Å²) < 4.78 is 11.3. The lowest BCUT2D eigenvalue weighted by atomic mass is 10.1. The van der Waals surface area contributed by atoms with Gasteiger partial charge in [0.1, 0.15) is 11.6 Å². The molecule has 0 unspecified atom stereocenters. The highest BCUT2D eigenvalue weighted by Crippen LogP contribution is 2.14. The highest BCUT2D eigenvalue weighted by Gasteiger charge is 2.29. The van der Waals surface area contributed by atoms with Gasteiger partial charge >= 0.3 is 12.1 Å². The first-order valence-corrected chi connectivity index (χ1v) is 13.3. The van der Waals surface area contributed by atoms with Crippen molar-refractivity contribution in [3.8, 4) is 0 Å². The molecule has 1 aliphatic rings. The summed E-state index contributed by atoms with van der Waals surface area (Å²) >= 11 is 6.24. The number of nitrogens with one attached hydrogen (secondary N) is 1. The van der Waals surface area contributed by atoms with Gasteiger partial charge in [-0.2, -0.15) is 0 Å². The van der Waals surface area contributed by atoms with Crippen molar-refractivity contribution in [2.75, 3.05) is 26.2 Å². The lowest BCUT2D eigenvalue weighted by Crippen LogP contribution is -2.48. The molecular formula is C28H37ClN4O5. The van der Waals surface area contributed by atoms with Gasteiger partial charge in [-0.25, -0.2) is 9.59 Å². The molecule has 2 heterocycles. The third kappa shape index (κ3) is 10.7. The fraction of sp³-hybridized carbons (Fsp3) is 0.500. The number of esters is 1. The number of piperidine rings is 1. The Morgan fingerprint density at radius 3 is 2.50 bits per heavy atom. The number of carbonyl (C=O) groups is 2. The average molecular weight is 545 g/mol. The maximum Gasteiger partial charge on any atom is 0.408 e. The van der Waals surface area contributed by atoms with Crippen molar-refractivity contribution >= 4 is 28.8 Å². The Balaban J connectivity index is 1.71. The summed E-state index contributed by atoms with van der Waals surface area (Å²) in [6.07, 6.45) is 5.51. The molecule has 0 bridgehead atoms. The molecule has 1 aliphatic heterocycles. The predicted molar refractivity (Wildman–Crippen MR) is 146 cm³/mol. The zero-order valence-electron chi connectivity index (χ0n) is 22.3. The summed E-state index contributed by atoms with van der Waals surface area (Å²) in [7, 11) is 0. The minimum atomic E-state index is -0.946. The predicted octanol–water partition coefficient (Wildman–Crippen LogP) is 4.53. The van der Waals surface area contributed by atoms with Gasteiger partial charge in [0, 0.05) is 30.9 Å². The summed E-state index contributed by atoms with van der Waals surface area (Å²) in [5.41, 5.74) is 0.784. The first kappa shape index (κ1) is 29.4. The van der Waals surface area contributed by atoms with E-state index in [1.807, 2.05) is 30.3 Å². The van der Waals surface area contributed by atoms with E-state index >= 15 is 0 Å². The van der Waals surface area contributed by atoms with Crippen LogP contribution in [0.2, 0.25) is 0 Å². The SMILES string of the molecule is CC(C)(C)OC(=O)N[C@H](Cc1ccccc1)C(=O)O[C@H](CON=C(Cl)c1cccnc1)CN1CCCCC1. The van der Waals surface area contributed by atoms with Crippen molar-refractivity contribution in [2.24, 2.45) is 5.16 Å². The lowest BCUT2D eigenvalue weighted by molar-refractivity contribution is -0.156. The smallest absolute Gasteiger partial charge is 0.408 e. The Hall–Kier alpha value is -3.17. The molecule has 1 fully saturated rings. The van der Waals surface area contributed by atoms with E-state index in [0.29, 0.717) is 12.1 Å². The topological polar surface area (TPSA) is 102 Å². The molecule has 206 valence electrons. The summed E-state index contributed by atoms with van der Waals surface area (Å²) in [6, 6.07) is 12.0. The largest absolute Gasteiger partial charge is 0.456 e. The van der Waals surface area contributed by atoms with Crippen LogP contribution in [-0.2, 0) is 25.5 Å². The van der Waals surface area contributed by atoms with Gasteiger partial charge in [-0.15, -0.1) is 0 Å². The second-order valence-corrected chi connectivity index (χ2v) is 10.6. The number of amides is 1. The Kier molecular flexibility index (Phi) is 11.4. The molecule has 0 aliphatic carbocycles. The minimum absolute atomic E-state index is 0.00319. The molecule has 1 amide bonds. The standard InChI is InChI=1S/C28H37ClN4O5/c1-28(2,3)38-27(35)31-24(17-21-11-6-4-7-12-21)26(34)37-23(19-33-15-8-5-9-16-33)20-36-32-25(29)22-13-10-14-30-18-22/h4,6-7,10-14,18,23-24H,5,8-9,15-17,19-20H2,1-3H3,(H,31,35)/t23-,24+/m0/s1.